The van der Waals surface area contributed by atoms with Crippen LogP contribution in [0.5, 0.6) is 11.5 Å². The number of amides is 1. The molecule has 0 heterocycles. The molecule has 1 atom stereocenters. The van der Waals surface area contributed by atoms with E-state index in [0.29, 0.717) is 17.2 Å². The minimum atomic E-state index is -4.04. The van der Waals surface area contributed by atoms with Crippen molar-refractivity contribution in [2.75, 3.05) is 25.1 Å². The molecule has 8 heteroatoms. The lowest BCUT2D eigenvalue weighted by molar-refractivity contribution is -0.120. The lowest BCUT2D eigenvalue weighted by Gasteiger charge is -2.29. The lowest BCUT2D eigenvalue weighted by atomic mass is 9.88. The highest BCUT2D eigenvalue weighted by atomic mass is 32.2. The smallest absolute Gasteiger partial charge is 0.264 e. The maximum Gasteiger partial charge on any atom is 0.264 e. The normalized spacial score (nSPS) is 15.1. The second-order valence-corrected chi connectivity index (χ2v) is 10.4. The third-order valence-electron chi connectivity index (χ3n) is 6.26. The number of benzene rings is 3. The Morgan fingerprint density at radius 3 is 2.43 bits per heavy atom. The fraction of sp³-hybridized carbons (Fsp3) is 0.296. The van der Waals surface area contributed by atoms with Crippen molar-refractivity contribution >= 4 is 21.6 Å². The number of aryl methyl sites for hydroxylation is 2. The summed E-state index contributed by atoms with van der Waals surface area (Å²) in [5, 5.41) is 3.06. The minimum Gasteiger partial charge on any atom is -0.493 e. The molecule has 0 aromatic heterocycles. The van der Waals surface area contributed by atoms with Gasteiger partial charge in [-0.05, 0) is 61.6 Å². The summed E-state index contributed by atoms with van der Waals surface area (Å²) in [5.74, 6) is 0.458. The fourth-order valence-electron chi connectivity index (χ4n) is 4.41. The van der Waals surface area contributed by atoms with Crippen molar-refractivity contribution in [2.45, 2.75) is 37.1 Å². The molecule has 4 rings (SSSR count). The molecule has 184 valence electrons. The molecule has 0 aliphatic heterocycles. The van der Waals surface area contributed by atoms with Gasteiger partial charge in [0.1, 0.15) is 6.54 Å². The Balaban J connectivity index is 1.67. The van der Waals surface area contributed by atoms with Crippen LogP contribution in [0.4, 0.5) is 5.69 Å². The van der Waals surface area contributed by atoms with Crippen LogP contribution in [0.1, 0.15) is 35.6 Å². The topological polar surface area (TPSA) is 84.9 Å². The van der Waals surface area contributed by atoms with Gasteiger partial charge in [0.25, 0.3) is 10.0 Å². The predicted molar refractivity (Wildman–Crippen MR) is 136 cm³/mol. The van der Waals surface area contributed by atoms with E-state index < -0.39 is 10.0 Å². The van der Waals surface area contributed by atoms with E-state index in [2.05, 4.69) is 11.4 Å². The number of nitrogens with one attached hydrogen (secondary N) is 1. The lowest BCUT2D eigenvalue weighted by Crippen LogP contribution is -2.42. The molecule has 0 spiro atoms. The second kappa shape index (κ2) is 10.4. The molecule has 0 saturated carbocycles. The summed E-state index contributed by atoms with van der Waals surface area (Å²) < 4.78 is 39.2. The first kappa shape index (κ1) is 24.6. The Bertz CT molecular complexity index is 1310. The van der Waals surface area contributed by atoms with Gasteiger partial charge in [-0.1, -0.05) is 42.0 Å². The molecular formula is C27H30N2O5S. The average molecular weight is 495 g/mol. The van der Waals surface area contributed by atoms with Gasteiger partial charge in [0.2, 0.25) is 5.91 Å². The molecule has 1 aliphatic rings. The summed E-state index contributed by atoms with van der Waals surface area (Å²) >= 11 is 0. The Morgan fingerprint density at radius 1 is 1.00 bits per heavy atom. The molecule has 3 aromatic rings. The maximum atomic E-state index is 13.7. The predicted octanol–water partition coefficient (Wildman–Crippen LogP) is 4.40. The van der Waals surface area contributed by atoms with E-state index in [1.165, 1.54) is 19.8 Å². The fourth-order valence-corrected chi connectivity index (χ4v) is 5.82. The highest BCUT2D eigenvalue weighted by Crippen LogP contribution is 2.34. The SMILES string of the molecule is COc1ccc(N(CC(=O)NC2CCCc3ccccc32)S(=O)(=O)c2ccc(C)cc2)cc1OC. The Kier molecular flexibility index (Phi) is 7.31. The Hall–Kier alpha value is -3.52. The number of nitrogens with zero attached hydrogens (tertiary/aromatic N) is 1. The largest absolute Gasteiger partial charge is 0.493 e. The molecule has 1 aliphatic carbocycles. The van der Waals surface area contributed by atoms with Gasteiger partial charge in [0.05, 0.1) is 30.8 Å². The van der Waals surface area contributed by atoms with Gasteiger partial charge in [-0.3, -0.25) is 9.10 Å². The summed E-state index contributed by atoms with van der Waals surface area (Å²) in [6, 6.07) is 19.3. The quantitative estimate of drug-likeness (QED) is 0.502. The number of hydrogen-bond donors (Lipinski definition) is 1. The van der Waals surface area contributed by atoms with Crippen molar-refractivity contribution in [2.24, 2.45) is 0 Å². The van der Waals surface area contributed by atoms with Gasteiger partial charge in [0, 0.05) is 6.07 Å². The van der Waals surface area contributed by atoms with Crippen molar-refractivity contribution in [1.29, 1.82) is 0 Å². The van der Waals surface area contributed by atoms with Crippen molar-refractivity contribution < 1.29 is 22.7 Å². The third kappa shape index (κ3) is 5.27. The van der Waals surface area contributed by atoms with Gasteiger partial charge in [-0.15, -0.1) is 0 Å². The molecule has 35 heavy (non-hydrogen) atoms. The molecule has 0 saturated heterocycles. The number of hydrogen-bond acceptors (Lipinski definition) is 5. The highest BCUT2D eigenvalue weighted by Gasteiger charge is 2.29. The first-order valence-corrected chi connectivity index (χ1v) is 13.0. The van der Waals surface area contributed by atoms with Crippen molar-refractivity contribution in [1.82, 2.24) is 5.32 Å². The number of fused-ring (bicyclic) bond motifs is 1. The minimum absolute atomic E-state index is 0.105. The van der Waals surface area contributed by atoms with Crippen LogP contribution in [-0.4, -0.2) is 35.1 Å². The van der Waals surface area contributed by atoms with E-state index in [-0.39, 0.29) is 23.4 Å². The van der Waals surface area contributed by atoms with Gasteiger partial charge in [-0.25, -0.2) is 8.42 Å². The van der Waals surface area contributed by atoms with Crippen LogP contribution in [0.3, 0.4) is 0 Å². The summed E-state index contributed by atoms with van der Waals surface area (Å²) in [6.45, 7) is 1.52. The van der Waals surface area contributed by atoms with Crippen LogP contribution < -0.4 is 19.1 Å². The summed E-state index contributed by atoms with van der Waals surface area (Å²) in [6.07, 6.45) is 2.74. The van der Waals surface area contributed by atoms with Crippen LogP contribution in [-0.2, 0) is 21.2 Å². The van der Waals surface area contributed by atoms with Gasteiger partial charge in [0.15, 0.2) is 11.5 Å². The van der Waals surface area contributed by atoms with E-state index in [9.17, 15) is 13.2 Å². The van der Waals surface area contributed by atoms with Crippen LogP contribution in [0.25, 0.3) is 0 Å². The zero-order valence-corrected chi connectivity index (χ0v) is 21.0. The van der Waals surface area contributed by atoms with E-state index in [4.69, 9.17) is 9.47 Å². The highest BCUT2D eigenvalue weighted by molar-refractivity contribution is 7.92. The first-order chi connectivity index (χ1) is 16.8. The number of sulfonamides is 1. The first-order valence-electron chi connectivity index (χ1n) is 11.5. The average Bonchev–Trinajstić information content (AvgIpc) is 2.87. The van der Waals surface area contributed by atoms with Crippen molar-refractivity contribution in [3.05, 3.63) is 83.4 Å². The van der Waals surface area contributed by atoms with Gasteiger partial charge < -0.3 is 14.8 Å². The zero-order valence-electron chi connectivity index (χ0n) is 20.2. The number of rotatable bonds is 8. The van der Waals surface area contributed by atoms with Gasteiger partial charge >= 0.3 is 0 Å². The molecule has 7 nitrogen and oxygen atoms in total. The summed E-state index contributed by atoms with van der Waals surface area (Å²) in [4.78, 5) is 13.3. The molecule has 0 fully saturated rings. The summed E-state index contributed by atoms with van der Waals surface area (Å²) in [5.41, 5.74) is 3.55. The molecular weight excluding hydrogens is 464 g/mol. The third-order valence-corrected chi connectivity index (χ3v) is 8.04. The number of carbonyl (C=O) groups excluding carboxylic acids is 1. The van der Waals surface area contributed by atoms with Gasteiger partial charge in [-0.2, -0.15) is 0 Å². The number of carbonyl (C=O) groups is 1. The van der Waals surface area contributed by atoms with Crippen molar-refractivity contribution in [3.8, 4) is 11.5 Å². The van der Waals surface area contributed by atoms with Crippen LogP contribution >= 0.6 is 0 Å². The van der Waals surface area contributed by atoms with E-state index in [1.54, 1.807) is 42.5 Å². The van der Waals surface area contributed by atoms with Crippen LogP contribution in [0.15, 0.2) is 71.6 Å². The number of anilines is 1. The summed E-state index contributed by atoms with van der Waals surface area (Å²) in [7, 11) is -1.05. The molecule has 0 bridgehead atoms. The van der Waals surface area contributed by atoms with E-state index >= 15 is 0 Å². The van der Waals surface area contributed by atoms with E-state index in [0.717, 1.165) is 34.7 Å². The number of ether oxygens (including phenoxy) is 2. The maximum absolute atomic E-state index is 13.7. The van der Waals surface area contributed by atoms with Crippen LogP contribution in [0, 0.1) is 6.92 Å². The zero-order chi connectivity index (χ0) is 25.0. The standard InChI is InChI=1S/C27H30N2O5S/c1-19-11-14-22(15-12-19)35(31,32)29(21-13-16-25(33-2)26(17-21)34-3)18-27(30)28-24-10-6-8-20-7-4-5-9-23(20)24/h4-5,7,9,11-17,24H,6,8,10,18H2,1-3H3,(H,28,30). The van der Waals surface area contributed by atoms with E-state index in [1.807, 2.05) is 25.1 Å². The molecule has 1 unspecified atom stereocenters. The second-order valence-electron chi connectivity index (χ2n) is 8.58. The number of methoxy groups -OCH3 is 2. The molecule has 3 aromatic carbocycles. The molecule has 0 radical (unpaired) electrons. The molecule has 1 amide bonds. The Morgan fingerprint density at radius 2 is 1.71 bits per heavy atom. The van der Waals surface area contributed by atoms with Crippen LogP contribution in [0.2, 0.25) is 0 Å². The Labute approximate surface area is 206 Å². The molecule has 1 N–H and O–H groups in total. The monoisotopic (exact) mass is 494 g/mol. The van der Waals surface area contributed by atoms with Crippen molar-refractivity contribution in [3.63, 3.8) is 0 Å².